The maximum atomic E-state index is 13.2. The molecule has 0 amide bonds. The molecule has 0 spiro atoms. The summed E-state index contributed by atoms with van der Waals surface area (Å²) in [5, 5.41) is 3.27. The highest BCUT2D eigenvalue weighted by molar-refractivity contribution is 6.08. The molecule has 0 heterocycles. The molecule has 0 bridgehead atoms. The molecule has 3 rings (SSSR count). The molecular formula is C22H19FN2O. The van der Waals surface area contributed by atoms with Crippen molar-refractivity contribution in [1.29, 1.82) is 0 Å². The van der Waals surface area contributed by atoms with Crippen LogP contribution >= 0.6 is 0 Å². The Kier molecular flexibility index (Phi) is 5.44. The smallest absolute Gasteiger partial charge is 0.187 e. The maximum absolute atomic E-state index is 13.2. The zero-order valence-electron chi connectivity index (χ0n) is 14.2. The fraction of sp³-hybridized carbons (Fsp3) is 0.0455. The van der Waals surface area contributed by atoms with Crippen LogP contribution in [0.25, 0.3) is 5.70 Å². The van der Waals surface area contributed by atoms with Crippen LogP contribution in [0.4, 0.5) is 10.1 Å². The van der Waals surface area contributed by atoms with Gasteiger partial charge in [0.15, 0.2) is 5.78 Å². The minimum absolute atomic E-state index is 0.116. The highest BCUT2D eigenvalue weighted by Crippen LogP contribution is 2.16. The highest BCUT2D eigenvalue weighted by Gasteiger charge is 2.08. The first kappa shape index (κ1) is 17.4. The van der Waals surface area contributed by atoms with Gasteiger partial charge in [0.25, 0.3) is 0 Å². The van der Waals surface area contributed by atoms with E-state index < -0.39 is 0 Å². The van der Waals surface area contributed by atoms with Crippen LogP contribution in [0.3, 0.4) is 0 Å². The molecule has 0 unspecified atom stereocenters. The number of rotatable bonds is 6. The summed E-state index contributed by atoms with van der Waals surface area (Å²) in [5.41, 5.74) is 9.41. The quantitative estimate of drug-likeness (QED) is 0.395. The van der Waals surface area contributed by atoms with E-state index >= 15 is 0 Å². The second-order valence-corrected chi connectivity index (χ2v) is 5.89. The van der Waals surface area contributed by atoms with Crippen molar-refractivity contribution in [2.24, 2.45) is 0 Å². The lowest BCUT2D eigenvalue weighted by atomic mass is 10.1. The fourth-order valence-corrected chi connectivity index (χ4v) is 2.52. The van der Waals surface area contributed by atoms with Crippen LogP contribution in [0.1, 0.15) is 21.5 Å². The van der Waals surface area contributed by atoms with Gasteiger partial charge in [0, 0.05) is 29.6 Å². The topological polar surface area (TPSA) is 55.1 Å². The second-order valence-electron chi connectivity index (χ2n) is 5.89. The third-order valence-corrected chi connectivity index (χ3v) is 3.95. The Morgan fingerprint density at radius 2 is 1.54 bits per heavy atom. The Bertz CT molecular complexity index is 901. The summed E-state index contributed by atoms with van der Waals surface area (Å²) in [6, 6.07) is 22.6. The maximum Gasteiger partial charge on any atom is 0.187 e. The molecule has 0 saturated carbocycles. The number of ketones is 1. The molecule has 3 aromatic carbocycles. The van der Waals surface area contributed by atoms with Crippen LogP contribution in [0.5, 0.6) is 0 Å². The average Bonchev–Trinajstić information content (AvgIpc) is 2.67. The lowest BCUT2D eigenvalue weighted by molar-refractivity contribution is 0.104. The van der Waals surface area contributed by atoms with E-state index in [1.54, 1.807) is 30.3 Å². The number of anilines is 1. The second kappa shape index (κ2) is 8.12. The van der Waals surface area contributed by atoms with E-state index in [4.69, 9.17) is 5.73 Å². The average molecular weight is 346 g/mol. The van der Waals surface area contributed by atoms with Gasteiger partial charge in [0.05, 0.1) is 0 Å². The molecule has 130 valence electrons. The first-order chi connectivity index (χ1) is 12.6. The Hall–Kier alpha value is -3.40. The summed E-state index contributed by atoms with van der Waals surface area (Å²) < 4.78 is 13.2. The van der Waals surface area contributed by atoms with Crippen molar-refractivity contribution in [3.63, 3.8) is 0 Å². The molecule has 0 atom stereocenters. The molecule has 0 fully saturated rings. The first-order valence-corrected chi connectivity index (χ1v) is 8.27. The number of nitrogen functional groups attached to an aromatic ring is 1. The van der Waals surface area contributed by atoms with Crippen molar-refractivity contribution < 1.29 is 9.18 Å². The molecule has 0 aliphatic rings. The van der Waals surface area contributed by atoms with Crippen molar-refractivity contribution in [3.8, 4) is 0 Å². The zero-order chi connectivity index (χ0) is 18.4. The van der Waals surface area contributed by atoms with E-state index in [0.717, 1.165) is 11.1 Å². The first-order valence-electron chi connectivity index (χ1n) is 8.27. The van der Waals surface area contributed by atoms with Crippen LogP contribution in [0.15, 0.2) is 84.9 Å². The van der Waals surface area contributed by atoms with Crippen molar-refractivity contribution in [3.05, 3.63) is 107 Å². The molecule has 0 saturated heterocycles. The van der Waals surface area contributed by atoms with Gasteiger partial charge in [-0.15, -0.1) is 0 Å². The van der Waals surface area contributed by atoms with E-state index in [9.17, 15) is 9.18 Å². The molecule has 0 aliphatic carbocycles. The predicted molar refractivity (Wildman–Crippen MR) is 103 cm³/mol. The SMILES string of the molecule is Nc1ccc(CN/C(=C\C(=O)c2ccccc2)c2ccc(F)cc2)cc1. The Labute approximate surface area is 152 Å². The Balaban J connectivity index is 1.86. The molecule has 4 heteroatoms. The molecule has 26 heavy (non-hydrogen) atoms. The number of carbonyl (C=O) groups is 1. The van der Waals surface area contributed by atoms with Gasteiger partial charge >= 0.3 is 0 Å². The van der Waals surface area contributed by atoms with E-state index in [2.05, 4.69) is 5.32 Å². The van der Waals surface area contributed by atoms with Crippen LogP contribution in [0, 0.1) is 5.82 Å². The summed E-state index contributed by atoms with van der Waals surface area (Å²) in [6.07, 6.45) is 1.54. The van der Waals surface area contributed by atoms with Gasteiger partial charge in [0.2, 0.25) is 0 Å². The molecule has 3 aromatic rings. The number of hydrogen-bond acceptors (Lipinski definition) is 3. The largest absolute Gasteiger partial charge is 0.399 e. The van der Waals surface area contributed by atoms with Crippen molar-refractivity contribution in [2.75, 3.05) is 5.73 Å². The monoisotopic (exact) mass is 346 g/mol. The third kappa shape index (κ3) is 4.57. The molecule has 0 aromatic heterocycles. The Morgan fingerprint density at radius 3 is 2.19 bits per heavy atom. The molecular weight excluding hydrogens is 327 g/mol. The lowest BCUT2D eigenvalue weighted by Gasteiger charge is -2.12. The number of allylic oxidation sites excluding steroid dienone is 1. The van der Waals surface area contributed by atoms with Crippen molar-refractivity contribution in [2.45, 2.75) is 6.54 Å². The van der Waals surface area contributed by atoms with Gasteiger partial charge < -0.3 is 11.1 Å². The third-order valence-electron chi connectivity index (χ3n) is 3.95. The number of hydrogen-bond donors (Lipinski definition) is 2. The number of halogens is 1. The van der Waals surface area contributed by atoms with E-state index in [1.165, 1.54) is 12.1 Å². The molecule has 0 radical (unpaired) electrons. The van der Waals surface area contributed by atoms with Crippen LogP contribution in [-0.4, -0.2) is 5.78 Å². The predicted octanol–water partition coefficient (Wildman–Crippen LogP) is 4.42. The number of nitrogens with two attached hydrogens (primary N) is 1. The number of benzene rings is 3. The van der Waals surface area contributed by atoms with E-state index in [0.29, 0.717) is 23.5 Å². The standard InChI is InChI=1S/C22H19FN2O/c23-19-10-8-17(9-11-19)21(14-22(26)18-4-2-1-3-5-18)25-15-16-6-12-20(24)13-7-16/h1-14,25H,15,24H2/b21-14-. The normalized spacial score (nSPS) is 11.2. The zero-order valence-corrected chi connectivity index (χ0v) is 14.2. The van der Waals surface area contributed by atoms with E-state index in [1.807, 2.05) is 42.5 Å². The van der Waals surface area contributed by atoms with Gasteiger partial charge in [-0.1, -0.05) is 42.5 Å². The Morgan fingerprint density at radius 1 is 0.885 bits per heavy atom. The van der Waals surface area contributed by atoms with Crippen molar-refractivity contribution in [1.82, 2.24) is 5.32 Å². The van der Waals surface area contributed by atoms with Gasteiger partial charge in [-0.25, -0.2) is 4.39 Å². The van der Waals surface area contributed by atoms with Crippen molar-refractivity contribution >= 4 is 17.2 Å². The van der Waals surface area contributed by atoms with E-state index in [-0.39, 0.29) is 11.6 Å². The number of nitrogens with one attached hydrogen (secondary N) is 1. The van der Waals surface area contributed by atoms with Gasteiger partial charge in [-0.05, 0) is 47.5 Å². The molecule has 0 aliphatic heterocycles. The van der Waals surface area contributed by atoms with Gasteiger partial charge in [-0.2, -0.15) is 0 Å². The minimum atomic E-state index is -0.318. The highest BCUT2D eigenvalue weighted by atomic mass is 19.1. The van der Waals surface area contributed by atoms with Crippen LogP contribution in [-0.2, 0) is 6.54 Å². The summed E-state index contributed by atoms with van der Waals surface area (Å²) in [4.78, 5) is 12.5. The van der Waals surface area contributed by atoms with Gasteiger partial charge in [0.1, 0.15) is 5.82 Å². The van der Waals surface area contributed by atoms with Crippen LogP contribution in [0.2, 0.25) is 0 Å². The molecule has 3 N–H and O–H groups in total. The summed E-state index contributed by atoms with van der Waals surface area (Å²) in [6.45, 7) is 0.519. The summed E-state index contributed by atoms with van der Waals surface area (Å²) >= 11 is 0. The minimum Gasteiger partial charge on any atom is -0.399 e. The number of carbonyl (C=O) groups excluding carboxylic acids is 1. The summed E-state index contributed by atoms with van der Waals surface area (Å²) in [5.74, 6) is -0.434. The van der Waals surface area contributed by atoms with Crippen LogP contribution < -0.4 is 11.1 Å². The summed E-state index contributed by atoms with van der Waals surface area (Å²) in [7, 11) is 0. The fourth-order valence-electron chi connectivity index (χ4n) is 2.52. The van der Waals surface area contributed by atoms with Gasteiger partial charge in [-0.3, -0.25) is 4.79 Å². The lowest BCUT2D eigenvalue weighted by Crippen LogP contribution is -2.13. The molecule has 3 nitrogen and oxygen atoms in total.